The molecule has 72 valence electrons. The van der Waals surface area contributed by atoms with Crippen molar-refractivity contribution in [2.24, 2.45) is 0 Å². The Bertz CT molecular complexity index is 224. The van der Waals surface area contributed by atoms with Crippen LogP contribution < -0.4 is 0 Å². The van der Waals surface area contributed by atoms with Crippen molar-refractivity contribution in [3.05, 3.63) is 36.5 Å². The average Bonchev–Trinajstić information content (AvgIpc) is 2.17. The van der Waals surface area contributed by atoms with Gasteiger partial charge in [0, 0.05) is 6.42 Å². The molecule has 0 radical (unpaired) electrons. The summed E-state index contributed by atoms with van der Waals surface area (Å²) in [7, 11) is 0. The van der Waals surface area contributed by atoms with E-state index < -0.39 is 0 Å². The van der Waals surface area contributed by atoms with Gasteiger partial charge in [-0.1, -0.05) is 37.8 Å². The van der Waals surface area contributed by atoms with Gasteiger partial charge < -0.3 is 4.74 Å². The minimum Gasteiger partial charge on any atom is -0.461 e. The normalized spacial score (nSPS) is 11.7. The highest BCUT2D eigenvalue weighted by atomic mass is 16.5. The number of ether oxygens (including phenoxy) is 1. The standard InChI is InChI=1S/C11H16O2/c1-4-7-8-10(5-2)9-13-11(12)6-3/h4-5,7-8H,1,6,9H2,2-3H3/b8-7-,10-5+. The van der Waals surface area contributed by atoms with Crippen molar-refractivity contribution in [2.45, 2.75) is 20.3 Å². The molecule has 13 heavy (non-hydrogen) atoms. The third-order valence-electron chi connectivity index (χ3n) is 1.51. The van der Waals surface area contributed by atoms with E-state index in [9.17, 15) is 4.79 Å². The van der Waals surface area contributed by atoms with E-state index >= 15 is 0 Å². The maximum Gasteiger partial charge on any atom is 0.305 e. The quantitative estimate of drug-likeness (QED) is 0.480. The van der Waals surface area contributed by atoms with Crippen molar-refractivity contribution in [3.8, 4) is 0 Å². The molecule has 0 saturated heterocycles. The molecule has 0 aromatic rings. The fraction of sp³-hybridized carbons (Fsp3) is 0.364. The Hall–Kier alpha value is -1.31. The molecule has 0 fully saturated rings. The van der Waals surface area contributed by atoms with Crippen LogP contribution in [0.2, 0.25) is 0 Å². The number of esters is 1. The van der Waals surface area contributed by atoms with E-state index in [0.29, 0.717) is 13.0 Å². The molecule has 0 aromatic carbocycles. The van der Waals surface area contributed by atoms with Gasteiger partial charge in [-0.25, -0.2) is 0 Å². The lowest BCUT2D eigenvalue weighted by Gasteiger charge is -2.02. The van der Waals surface area contributed by atoms with Gasteiger partial charge in [0.05, 0.1) is 0 Å². The molecule has 0 spiro atoms. The zero-order chi connectivity index (χ0) is 10.1. The van der Waals surface area contributed by atoms with Gasteiger partial charge in [0.2, 0.25) is 0 Å². The van der Waals surface area contributed by atoms with Crippen LogP contribution in [0.4, 0.5) is 0 Å². The topological polar surface area (TPSA) is 26.3 Å². The number of allylic oxidation sites excluding steroid dienone is 3. The van der Waals surface area contributed by atoms with Crippen LogP contribution in [-0.4, -0.2) is 12.6 Å². The monoisotopic (exact) mass is 180 g/mol. The SMILES string of the molecule is C=C/C=C\C(=C/C)COC(=O)CC. The zero-order valence-corrected chi connectivity index (χ0v) is 8.25. The maximum absolute atomic E-state index is 10.8. The van der Waals surface area contributed by atoms with Crippen LogP contribution in [0.1, 0.15) is 20.3 Å². The first-order valence-electron chi connectivity index (χ1n) is 4.34. The Labute approximate surface area is 79.6 Å². The van der Waals surface area contributed by atoms with Crippen molar-refractivity contribution in [1.29, 1.82) is 0 Å². The molecule has 0 N–H and O–H groups in total. The molecule has 0 unspecified atom stereocenters. The van der Waals surface area contributed by atoms with Gasteiger partial charge in [0.15, 0.2) is 0 Å². The first-order valence-corrected chi connectivity index (χ1v) is 4.34. The van der Waals surface area contributed by atoms with E-state index in [0.717, 1.165) is 5.57 Å². The Balaban J connectivity index is 3.94. The molecule has 0 amide bonds. The number of rotatable bonds is 5. The van der Waals surface area contributed by atoms with Crippen LogP contribution in [-0.2, 0) is 9.53 Å². The summed E-state index contributed by atoms with van der Waals surface area (Å²) in [5.41, 5.74) is 0.974. The summed E-state index contributed by atoms with van der Waals surface area (Å²) in [6.45, 7) is 7.58. The number of carbonyl (C=O) groups is 1. The average molecular weight is 180 g/mol. The Morgan fingerprint density at radius 1 is 1.54 bits per heavy atom. The van der Waals surface area contributed by atoms with E-state index in [4.69, 9.17) is 4.74 Å². The third kappa shape index (κ3) is 5.91. The van der Waals surface area contributed by atoms with Crippen LogP contribution >= 0.6 is 0 Å². The summed E-state index contributed by atoms with van der Waals surface area (Å²) in [4.78, 5) is 10.8. The van der Waals surface area contributed by atoms with Crippen molar-refractivity contribution < 1.29 is 9.53 Å². The molecule has 2 heteroatoms. The summed E-state index contributed by atoms with van der Waals surface area (Å²) in [5, 5.41) is 0. The fourth-order valence-corrected chi connectivity index (χ4v) is 0.685. The molecule has 2 nitrogen and oxygen atoms in total. The molecular formula is C11H16O2. The zero-order valence-electron chi connectivity index (χ0n) is 8.25. The third-order valence-corrected chi connectivity index (χ3v) is 1.51. The highest BCUT2D eigenvalue weighted by Gasteiger charge is 1.98. The van der Waals surface area contributed by atoms with Gasteiger partial charge in [-0.2, -0.15) is 0 Å². The second-order valence-electron chi connectivity index (χ2n) is 2.47. The van der Waals surface area contributed by atoms with Crippen LogP contribution in [0.5, 0.6) is 0 Å². The molecule has 0 aliphatic carbocycles. The maximum atomic E-state index is 10.8. The van der Waals surface area contributed by atoms with Crippen molar-refractivity contribution in [1.82, 2.24) is 0 Å². The minimum atomic E-state index is -0.175. The van der Waals surface area contributed by atoms with E-state index in [1.807, 2.05) is 25.2 Å². The van der Waals surface area contributed by atoms with Gasteiger partial charge in [0.25, 0.3) is 0 Å². The van der Waals surface area contributed by atoms with Crippen molar-refractivity contribution in [3.63, 3.8) is 0 Å². The number of hydrogen-bond acceptors (Lipinski definition) is 2. The second kappa shape index (κ2) is 7.35. The predicted molar refractivity (Wildman–Crippen MR) is 54.3 cm³/mol. The van der Waals surface area contributed by atoms with Gasteiger partial charge >= 0.3 is 5.97 Å². The number of hydrogen-bond donors (Lipinski definition) is 0. The molecular weight excluding hydrogens is 164 g/mol. The largest absolute Gasteiger partial charge is 0.461 e. The summed E-state index contributed by atoms with van der Waals surface area (Å²) in [5.74, 6) is -0.175. The van der Waals surface area contributed by atoms with Crippen LogP contribution in [0.3, 0.4) is 0 Å². The van der Waals surface area contributed by atoms with E-state index in [-0.39, 0.29) is 5.97 Å². The molecule has 0 atom stereocenters. The summed E-state index contributed by atoms with van der Waals surface area (Å²) < 4.78 is 4.95. The highest BCUT2D eigenvalue weighted by Crippen LogP contribution is 1.99. The summed E-state index contributed by atoms with van der Waals surface area (Å²) in [6, 6.07) is 0. The molecule has 0 bridgehead atoms. The number of carbonyl (C=O) groups excluding carboxylic acids is 1. The predicted octanol–water partition coefficient (Wildman–Crippen LogP) is 2.63. The fourth-order valence-electron chi connectivity index (χ4n) is 0.685. The van der Waals surface area contributed by atoms with Crippen molar-refractivity contribution >= 4 is 5.97 Å². The van der Waals surface area contributed by atoms with Gasteiger partial charge in [0.1, 0.15) is 6.61 Å². The van der Waals surface area contributed by atoms with E-state index in [1.54, 1.807) is 13.0 Å². The molecule has 0 saturated carbocycles. The lowest BCUT2D eigenvalue weighted by molar-refractivity contribution is -0.142. The van der Waals surface area contributed by atoms with Crippen molar-refractivity contribution in [2.75, 3.05) is 6.61 Å². The summed E-state index contributed by atoms with van der Waals surface area (Å²) in [6.07, 6.45) is 7.70. The first-order chi connectivity index (χ1) is 6.24. The minimum absolute atomic E-state index is 0.175. The molecule has 0 aliphatic heterocycles. The van der Waals surface area contributed by atoms with Gasteiger partial charge in [-0.15, -0.1) is 0 Å². The Kier molecular flexibility index (Phi) is 6.60. The molecule has 0 aliphatic rings. The highest BCUT2D eigenvalue weighted by molar-refractivity contribution is 5.69. The second-order valence-corrected chi connectivity index (χ2v) is 2.47. The van der Waals surface area contributed by atoms with Crippen LogP contribution in [0.25, 0.3) is 0 Å². The Morgan fingerprint density at radius 3 is 2.69 bits per heavy atom. The summed E-state index contributed by atoms with van der Waals surface area (Å²) >= 11 is 0. The van der Waals surface area contributed by atoms with E-state index in [1.165, 1.54) is 0 Å². The Morgan fingerprint density at radius 2 is 2.23 bits per heavy atom. The lowest BCUT2D eigenvalue weighted by Crippen LogP contribution is -2.04. The van der Waals surface area contributed by atoms with E-state index in [2.05, 4.69) is 6.58 Å². The van der Waals surface area contributed by atoms with Gasteiger partial charge in [-0.05, 0) is 12.5 Å². The molecule has 0 aromatic heterocycles. The smallest absolute Gasteiger partial charge is 0.305 e. The van der Waals surface area contributed by atoms with Gasteiger partial charge in [-0.3, -0.25) is 4.79 Å². The van der Waals surface area contributed by atoms with Crippen LogP contribution in [0, 0.1) is 0 Å². The lowest BCUT2D eigenvalue weighted by atomic mass is 10.2. The molecule has 0 heterocycles. The first kappa shape index (κ1) is 11.7. The molecule has 0 rings (SSSR count). The van der Waals surface area contributed by atoms with Crippen LogP contribution in [0.15, 0.2) is 36.5 Å².